The number of benzene rings is 1. The molecule has 0 amide bonds. The normalized spacial score (nSPS) is 11.7. The van der Waals surface area contributed by atoms with Crippen molar-refractivity contribution in [3.63, 3.8) is 0 Å². The summed E-state index contributed by atoms with van der Waals surface area (Å²) >= 11 is 0. The van der Waals surface area contributed by atoms with Gasteiger partial charge in [0.2, 0.25) is 0 Å². The summed E-state index contributed by atoms with van der Waals surface area (Å²) in [6.45, 7) is 0. The molecular formula is C11H10O2. The number of carbonyl (C=O) groups is 1. The number of hydrogen-bond donors (Lipinski definition) is 1. The number of terminal acetylenes is 1. The number of ketones is 1. The van der Waals surface area contributed by atoms with Gasteiger partial charge in [-0.25, -0.2) is 0 Å². The number of hydrogen-bond acceptors (Lipinski definition) is 2. The van der Waals surface area contributed by atoms with Gasteiger partial charge in [-0.2, -0.15) is 0 Å². The molecule has 0 aliphatic heterocycles. The Bertz CT molecular complexity index is 322. The average Bonchev–Trinajstić information content (AvgIpc) is 2.18. The molecule has 0 aliphatic carbocycles. The van der Waals surface area contributed by atoms with Crippen LogP contribution >= 0.6 is 0 Å². The summed E-state index contributed by atoms with van der Waals surface area (Å²) in [5.41, 5.74) is 0.863. The van der Waals surface area contributed by atoms with Crippen molar-refractivity contribution in [2.75, 3.05) is 0 Å². The lowest BCUT2D eigenvalue weighted by Gasteiger charge is -2.01. The predicted octanol–water partition coefficient (Wildman–Crippen LogP) is 0.792. The summed E-state index contributed by atoms with van der Waals surface area (Å²) in [7, 11) is 0. The molecule has 0 spiro atoms. The smallest absolute Gasteiger partial charge is 0.177 e. The fraction of sp³-hybridized carbons (Fsp3) is 0.182. The average molecular weight is 174 g/mol. The zero-order valence-electron chi connectivity index (χ0n) is 7.10. The highest BCUT2D eigenvalue weighted by atomic mass is 16.3. The van der Waals surface area contributed by atoms with Gasteiger partial charge < -0.3 is 5.11 Å². The van der Waals surface area contributed by atoms with Crippen molar-refractivity contribution in [1.82, 2.24) is 0 Å². The molecule has 1 aromatic rings. The molecule has 1 N–H and O–H groups in total. The molecule has 0 fully saturated rings. The summed E-state index contributed by atoms with van der Waals surface area (Å²) in [6, 6.07) is 9.18. The highest BCUT2D eigenvalue weighted by Crippen LogP contribution is 2.01. The molecule has 2 nitrogen and oxygen atoms in total. The Kier molecular flexibility index (Phi) is 3.24. The quantitative estimate of drug-likeness (QED) is 0.688. The van der Waals surface area contributed by atoms with Crippen molar-refractivity contribution in [3.8, 4) is 12.3 Å². The molecule has 66 valence electrons. The minimum absolute atomic E-state index is 0.187. The van der Waals surface area contributed by atoms with Gasteiger partial charge in [-0.05, 0) is 5.56 Å². The Morgan fingerprint density at radius 3 is 2.62 bits per heavy atom. The Balaban J connectivity index is 2.62. The van der Waals surface area contributed by atoms with Crippen LogP contribution in [0.2, 0.25) is 0 Å². The molecule has 0 aromatic heterocycles. The Labute approximate surface area is 77.2 Å². The second-order valence-electron chi connectivity index (χ2n) is 2.70. The summed E-state index contributed by atoms with van der Waals surface area (Å²) < 4.78 is 0. The van der Waals surface area contributed by atoms with E-state index in [0.717, 1.165) is 5.56 Å². The van der Waals surface area contributed by atoms with Gasteiger partial charge in [0.1, 0.15) is 0 Å². The Hall–Kier alpha value is -1.59. The van der Waals surface area contributed by atoms with Gasteiger partial charge in [-0.15, -0.1) is 6.42 Å². The first-order valence-corrected chi connectivity index (χ1v) is 3.95. The lowest BCUT2D eigenvalue weighted by atomic mass is 10.1. The molecule has 2 heteroatoms. The minimum Gasteiger partial charge on any atom is -0.373 e. The molecule has 0 unspecified atom stereocenters. The van der Waals surface area contributed by atoms with Gasteiger partial charge in [-0.1, -0.05) is 36.3 Å². The third-order valence-electron chi connectivity index (χ3n) is 1.68. The second-order valence-corrected chi connectivity index (χ2v) is 2.70. The van der Waals surface area contributed by atoms with Gasteiger partial charge in [0.15, 0.2) is 11.9 Å². The van der Waals surface area contributed by atoms with Gasteiger partial charge in [0.25, 0.3) is 0 Å². The zero-order valence-corrected chi connectivity index (χ0v) is 7.10. The highest BCUT2D eigenvalue weighted by Gasteiger charge is 2.11. The van der Waals surface area contributed by atoms with Crippen LogP contribution in [0, 0.1) is 12.3 Å². The van der Waals surface area contributed by atoms with Crippen molar-refractivity contribution in [2.24, 2.45) is 0 Å². The van der Waals surface area contributed by atoms with Crippen molar-refractivity contribution in [1.29, 1.82) is 0 Å². The van der Waals surface area contributed by atoms with Crippen molar-refractivity contribution < 1.29 is 9.90 Å². The van der Waals surface area contributed by atoms with Gasteiger partial charge in [0.05, 0.1) is 0 Å². The second kappa shape index (κ2) is 4.44. The monoisotopic (exact) mass is 174 g/mol. The molecule has 0 heterocycles. The van der Waals surface area contributed by atoms with E-state index in [4.69, 9.17) is 11.5 Å². The van der Waals surface area contributed by atoms with Gasteiger partial charge >= 0.3 is 0 Å². The van der Waals surface area contributed by atoms with Gasteiger partial charge in [0, 0.05) is 6.42 Å². The summed E-state index contributed by atoms with van der Waals surface area (Å²) in [4.78, 5) is 11.2. The van der Waals surface area contributed by atoms with E-state index in [-0.39, 0.29) is 12.2 Å². The zero-order chi connectivity index (χ0) is 9.68. The summed E-state index contributed by atoms with van der Waals surface area (Å²) in [5.74, 6) is 1.65. The SMILES string of the molecule is C#C[C@H](O)C(=O)Cc1ccccc1. The molecule has 1 aromatic carbocycles. The molecule has 13 heavy (non-hydrogen) atoms. The molecule has 1 atom stereocenters. The summed E-state index contributed by atoms with van der Waals surface area (Å²) in [5, 5.41) is 9.00. The third-order valence-corrected chi connectivity index (χ3v) is 1.68. The topological polar surface area (TPSA) is 37.3 Å². The number of carbonyl (C=O) groups excluding carboxylic acids is 1. The molecule has 0 aliphatic rings. The lowest BCUT2D eigenvalue weighted by molar-refractivity contribution is -0.123. The van der Waals surface area contributed by atoms with Crippen LogP contribution < -0.4 is 0 Å². The van der Waals surface area contributed by atoms with E-state index in [1.165, 1.54) is 0 Å². The standard InChI is InChI=1S/C11H10O2/c1-2-10(12)11(13)8-9-6-4-3-5-7-9/h1,3-7,10,12H,8H2/t10-/m0/s1. The van der Waals surface area contributed by atoms with E-state index in [0.29, 0.717) is 0 Å². The Morgan fingerprint density at radius 1 is 1.46 bits per heavy atom. The lowest BCUT2D eigenvalue weighted by Crippen LogP contribution is -2.19. The molecule has 0 saturated heterocycles. The molecule has 1 rings (SSSR count). The van der Waals surface area contributed by atoms with Gasteiger partial charge in [-0.3, -0.25) is 4.79 Å². The number of aliphatic hydroxyl groups excluding tert-OH is 1. The van der Waals surface area contributed by atoms with E-state index in [1.54, 1.807) is 0 Å². The van der Waals surface area contributed by atoms with Crippen LogP contribution in [-0.2, 0) is 11.2 Å². The largest absolute Gasteiger partial charge is 0.373 e. The highest BCUT2D eigenvalue weighted by molar-refractivity contribution is 5.87. The van der Waals surface area contributed by atoms with Crippen molar-refractivity contribution >= 4 is 5.78 Å². The van der Waals surface area contributed by atoms with E-state index < -0.39 is 6.10 Å². The minimum atomic E-state index is -1.28. The first-order chi connectivity index (χ1) is 6.24. The van der Waals surface area contributed by atoms with Crippen LogP contribution in [0.25, 0.3) is 0 Å². The molecular weight excluding hydrogens is 164 g/mol. The maximum atomic E-state index is 11.2. The molecule has 0 saturated carbocycles. The van der Waals surface area contributed by atoms with Crippen molar-refractivity contribution in [2.45, 2.75) is 12.5 Å². The number of aliphatic hydroxyl groups is 1. The molecule has 0 bridgehead atoms. The fourth-order valence-electron chi connectivity index (χ4n) is 0.987. The van der Waals surface area contributed by atoms with E-state index >= 15 is 0 Å². The van der Waals surface area contributed by atoms with E-state index in [2.05, 4.69) is 0 Å². The fourth-order valence-corrected chi connectivity index (χ4v) is 0.987. The third kappa shape index (κ3) is 2.73. The van der Waals surface area contributed by atoms with Crippen LogP contribution in [-0.4, -0.2) is 17.0 Å². The number of Topliss-reactive ketones (excluding diaryl/α,β-unsaturated/α-hetero) is 1. The van der Waals surface area contributed by atoms with Crippen LogP contribution in [0.1, 0.15) is 5.56 Å². The van der Waals surface area contributed by atoms with Crippen LogP contribution in [0.3, 0.4) is 0 Å². The maximum Gasteiger partial charge on any atom is 0.177 e. The summed E-state index contributed by atoms with van der Waals surface area (Å²) in [6.07, 6.45) is 3.81. The maximum absolute atomic E-state index is 11.2. The van der Waals surface area contributed by atoms with Crippen LogP contribution in [0.4, 0.5) is 0 Å². The van der Waals surface area contributed by atoms with E-state index in [1.807, 2.05) is 36.3 Å². The first-order valence-electron chi connectivity index (χ1n) is 3.95. The van der Waals surface area contributed by atoms with Crippen LogP contribution in [0.5, 0.6) is 0 Å². The Morgan fingerprint density at radius 2 is 2.08 bits per heavy atom. The predicted molar refractivity (Wildman–Crippen MR) is 50.0 cm³/mol. The van der Waals surface area contributed by atoms with E-state index in [9.17, 15) is 4.79 Å². The van der Waals surface area contributed by atoms with Crippen molar-refractivity contribution in [3.05, 3.63) is 35.9 Å². The number of rotatable bonds is 3. The van der Waals surface area contributed by atoms with Crippen LogP contribution in [0.15, 0.2) is 30.3 Å². The molecule has 0 radical (unpaired) electrons. The first kappa shape index (κ1) is 9.50.